The maximum atomic E-state index is 14.2. The molecule has 4 heteroatoms. The van der Waals surface area contributed by atoms with Crippen molar-refractivity contribution in [3.05, 3.63) is 121 Å². The van der Waals surface area contributed by atoms with Crippen LogP contribution in [0.3, 0.4) is 0 Å². The van der Waals surface area contributed by atoms with E-state index in [1.54, 1.807) is 0 Å². The average Bonchev–Trinajstić information content (AvgIpc) is 2.88. The third-order valence-corrected chi connectivity index (χ3v) is 11.2. The van der Waals surface area contributed by atoms with E-state index in [0.29, 0.717) is 0 Å². The molecule has 1 atom stereocenters. The number of anilines is 1. The third-order valence-electron chi connectivity index (χ3n) is 6.44. The zero-order valence-corrected chi connectivity index (χ0v) is 20.9. The first kappa shape index (κ1) is 23.4. The van der Waals surface area contributed by atoms with Crippen LogP contribution in [0.5, 0.6) is 0 Å². The predicted octanol–water partition coefficient (Wildman–Crippen LogP) is 2.18. The molecular formula is C29H27BrNOP. The monoisotopic (exact) mass is 515 g/mol. The van der Waals surface area contributed by atoms with Gasteiger partial charge in [-0.3, -0.25) is 4.79 Å². The summed E-state index contributed by atoms with van der Waals surface area (Å²) in [6.07, 6.45) is 1.90. The molecule has 1 aliphatic heterocycles. The second-order valence-corrected chi connectivity index (χ2v) is 11.8. The van der Waals surface area contributed by atoms with Gasteiger partial charge in [0.25, 0.3) is 5.91 Å². The van der Waals surface area contributed by atoms with Gasteiger partial charge in [-0.2, -0.15) is 0 Å². The number of hydrogen-bond acceptors (Lipinski definition) is 1. The number of benzene rings is 4. The van der Waals surface area contributed by atoms with E-state index >= 15 is 0 Å². The van der Waals surface area contributed by atoms with E-state index in [9.17, 15) is 4.79 Å². The highest BCUT2D eigenvalue weighted by Crippen LogP contribution is 2.62. The Morgan fingerprint density at radius 1 is 0.606 bits per heavy atom. The van der Waals surface area contributed by atoms with E-state index in [-0.39, 0.29) is 28.5 Å². The quantitative estimate of drug-likeness (QED) is 0.373. The van der Waals surface area contributed by atoms with Crippen LogP contribution in [-0.4, -0.2) is 18.1 Å². The minimum Gasteiger partial charge on any atom is -1.00 e. The summed E-state index contributed by atoms with van der Waals surface area (Å²) in [7, 11) is -2.23. The molecule has 33 heavy (non-hydrogen) atoms. The molecule has 5 rings (SSSR count). The Hall–Kier alpha value is -2.74. The fraction of sp³-hybridized carbons (Fsp3) is 0.138. The Labute approximate surface area is 207 Å². The summed E-state index contributed by atoms with van der Waals surface area (Å²) >= 11 is 0. The Bertz CT molecular complexity index is 1070. The largest absolute Gasteiger partial charge is 1.00 e. The molecule has 166 valence electrons. The lowest BCUT2D eigenvalue weighted by molar-refractivity contribution is -0.119. The van der Waals surface area contributed by atoms with Crippen LogP contribution in [0.4, 0.5) is 5.69 Å². The summed E-state index contributed by atoms with van der Waals surface area (Å²) < 4.78 is 0. The minimum atomic E-state index is -2.23. The topological polar surface area (TPSA) is 20.3 Å². The fourth-order valence-electron chi connectivity index (χ4n) is 5.06. The van der Waals surface area contributed by atoms with Gasteiger partial charge in [-0.15, -0.1) is 0 Å². The van der Waals surface area contributed by atoms with Gasteiger partial charge in [0.2, 0.25) is 0 Å². The maximum Gasteiger partial charge on any atom is 0.268 e. The van der Waals surface area contributed by atoms with Crippen molar-refractivity contribution in [2.45, 2.75) is 18.5 Å². The van der Waals surface area contributed by atoms with E-state index in [1.165, 1.54) is 15.9 Å². The number of para-hydroxylation sites is 1. The Balaban J connectivity index is 0.00000259. The average molecular weight is 516 g/mol. The fourth-order valence-corrected chi connectivity index (χ4v) is 10.00. The molecule has 1 amide bonds. The van der Waals surface area contributed by atoms with Crippen LogP contribution in [-0.2, 0) is 4.79 Å². The highest BCUT2D eigenvalue weighted by molar-refractivity contribution is 7.96. The van der Waals surface area contributed by atoms with Gasteiger partial charge in [0, 0.05) is 12.2 Å². The molecule has 4 aromatic rings. The Morgan fingerprint density at radius 2 is 1.00 bits per heavy atom. The number of carbonyl (C=O) groups is 1. The van der Waals surface area contributed by atoms with Crippen molar-refractivity contribution in [3.8, 4) is 0 Å². The highest BCUT2D eigenvalue weighted by Gasteiger charge is 2.57. The van der Waals surface area contributed by atoms with Crippen LogP contribution in [0.2, 0.25) is 0 Å². The van der Waals surface area contributed by atoms with Crippen molar-refractivity contribution < 1.29 is 21.8 Å². The minimum absolute atomic E-state index is 0. The van der Waals surface area contributed by atoms with E-state index in [4.69, 9.17) is 0 Å². The molecule has 4 aromatic carbocycles. The van der Waals surface area contributed by atoms with E-state index < -0.39 is 7.26 Å². The van der Waals surface area contributed by atoms with Crippen LogP contribution in [0.1, 0.15) is 12.8 Å². The lowest BCUT2D eigenvalue weighted by Gasteiger charge is -2.39. The van der Waals surface area contributed by atoms with Crippen LogP contribution in [0.15, 0.2) is 121 Å². The number of hydrogen-bond donors (Lipinski definition) is 0. The molecule has 1 fully saturated rings. The van der Waals surface area contributed by atoms with Gasteiger partial charge in [0.1, 0.15) is 23.2 Å². The zero-order chi connectivity index (χ0) is 21.8. The van der Waals surface area contributed by atoms with Crippen molar-refractivity contribution >= 4 is 34.8 Å². The van der Waals surface area contributed by atoms with Crippen LogP contribution in [0.25, 0.3) is 0 Å². The third kappa shape index (κ3) is 4.28. The smallest absolute Gasteiger partial charge is 0.268 e. The van der Waals surface area contributed by atoms with Gasteiger partial charge in [-0.1, -0.05) is 72.8 Å². The van der Waals surface area contributed by atoms with Crippen molar-refractivity contribution in [2.75, 3.05) is 11.4 Å². The maximum absolute atomic E-state index is 14.2. The van der Waals surface area contributed by atoms with E-state index in [1.807, 2.05) is 35.2 Å². The van der Waals surface area contributed by atoms with Crippen molar-refractivity contribution in [2.24, 2.45) is 0 Å². The number of rotatable bonds is 5. The van der Waals surface area contributed by atoms with Gasteiger partial charge in [0.15, 0.2) is 5.66 Å². The molecule has 1 heterocycles. The number of amides is 1. The standard InChI is InChI=1S/C29H27NOP.BrH/c31-29-28(22-13-23-30(29)24-14-5-1-6-15-24)32(25-16-7-2-8-17-25,26-18-9-3-10-19-26)27-20-11-4-12-21-27;/h1-12,14-21,28H,13,22-23H2;1H/q+1;/p-1/t28-;/m1./s1. The lowest BCUT2D eigenvalue weighted by atomic mass is 10.1. The number of halogens is 1. The molecule has 0 saturated carbocycles. The molecule has 0 unspecified atom stereocenters. The number of nitrogens with zero attached hydrogens (tertiary/aromatic N) is 1. The summed E-state index contributed by atoms with van der Waals surface area (Å²) in [5, 5.41) is 3.81. The summed E-state index contributed by atoms with van der Waals surface area (Å²) in [5.41, 5.74) is 0.901. The van der Waals surface area contributed by atoms with Crippen LogP contribution in [0, 0.1) is 0 Å². The summed E-state index contributed by atoms with van der Waals surface area (Å²) in [6, 6.07) is 42.3. The SMILES string of the molecule is O=C1[C@H]([P+](c2ccccc2)(c2ccccc2)c2ccccc2)CCCN1c1ccccc1.[Br-]. The zero-order valence-electron chi connectivity index (χ0n) is 18.4. The molecular weight excluding hydrogens is 489 g/mol. The molecule has 0 aromatic heterocycles. The highest BCUT2D eigenvalue weighted by atomic mass is 79.9. The van der Waals surface area contributed by atoms with Crippen molar-refractivity contribution in [1.29, 1.82) is 0 Å². The first-order chi connectivity index (χ1) is 15.8. The summed E-state index contributed by atoms with van der Waals surface area (Å²) in [4.78, 5) is 16.3. The molecule has 0 aliphatic carbocycles. The molecule has 0 radical (unpaired) electrons. The molecule has 0 bridgehead atoms. The first-order valence-electron chi connectivity index (χ1n) is 11.2. The Kier molecular flexibility index (Phi) is 7.42. The van der Waals surface area contributed by atoms with Crippen LogP contribution >= 0.6 is 7.26 Å². The number of carbonyl (C=O) groups excluding carboxylic acids is 1. The van der Waals surface area contributed by atoms with Gasteiger partial charge >= 0.3 is 0 Å². The molecule has 0 spiro atoms. The van der Waals surface area contributed by atoms with Gasteiger partial charge in [-0.05, 0) is 61.4 Å². The van der Waals surface area contributed by atoms with Gasteiger partial charge < -0.3 is 21.9 Å². The van der Waals surface area contributed by atoms with Gasteiger partial charge in [0.05, 0.1) is 0 Å². The van der Waals surface area contributed by atoms with Crippen LogP contribution < -0.4 is 37.8 Å². The van der Waals surface area contributed by atoms with Gasteiger partial charge in [-0.25, -0.2) is 0 Å². The molecule has 2 nitrogen and oxygen atoms in total. The Morgan fingerprint density at radius 3 is 1.42 bits per heavy atom. The number of piperidine rings is 1. The lowest BCUT2D eigenvalue weighted by Crippen LogP contribution is -3.00. The molecule has 1 aliphatic rings. The second-order valence-electron chi connectivity index (χ2n) is 8.21. The molecule has 1 saturated heterocycles. The van der Waals surface area contributed by atoms with Crippen molar-refractivity contribution in [1.82, 2.24) is 0 Å². The molecule has 0 N–H and O–H groups in total. The van der Waals surface area contributed by atoms with E-state index in [0.717, 1.165) is 25.1 Å². The predicted molar refractivity (Wildman–Crippen MR) is 137 cm³/mol. The normalized spacial score (nSPS) is 16.2. The van der Waals surface area contributed by atoms with E-state index in [2.05, 4.69) is 91.0 Å². The van der Waals surface area contributed by atoms with Crippen molar-refractivity contribution in [3.63, 3.8) is 0 Å². The summed E-state index contributed by atoms with van der Waals surface area (Å²) in [5.74, 6) is 0.243. The second kappa shape index (κ2) is 10.5. The summed E-state index contributed by atoms with van der Waals surface area (Å²) in [6.45, 7) is 0.776. The first-order valence-corrected chi connectivity index (χ1v) is 13.1.